The Hall–Kier alpha value is -0.280. The van der Waals surface area contributed by atoms with Crippen molar-refractivity contribution in [3.8, 4) is 0 Å². The van der Waals surface area contributed by atoms with E-state index in [0.717, 1.165) is 5.56 Å². The highest BCUT2D eigenvalue weighted by atomic mass is 35.5. The third kappa shape index (κ3) is 2.58. The second-order valence-electron chi connectivity index (χ2n) is 2.69. The van der Waals surface area contributed by atoms with Gasteiger partial charge in [0.1, 0.15) is 0 Å². The largest absolute Gasteiger partial charge is 0.394 e. The van der Waals surface area contributed by atoms with E-state index in [-0.39, 0.29) is 12.6 Å². The summed E-state index contributed by atoms with van der Waals surface area (Å²) in [5, 5.41) is 13.2. The molecule has 4 heteroatoms. The van der Waals surface area contributed by atoms with Crippen molar-refractivity contribution in [3.63, 3.8) is 0 Å². The summed E-state index contributed by atoms with van der Waals surface area (Å²) < 4.78 is 0. The molecular formula is C9H11Cl2NO. The lowest BCUT2D eigenvalue weighted by Crippen LogP contribution is -2.20. The molecule has 0 aliphatic carbocycles. The number of benzene rings is 1. The maximum Gasteiger partial charge on any atom is 0.0626 e. The molecule has 0 amide bonds. The van der Waals surface area contributed by atoms with Crippen LogP contribution in [0.1, 0.15) is 11.6 Å². The van der Waals surface area contributed by atoms with Crippen molar-refractivity contribution in [3.05, 3.63) is 33.8 Å². The van der Waals surface area contributed by atoms with Crippen molar-refractivity contribution < 1.29 is 5.11 Å². The van der Waals surface area contributed by atoms with E-state index in [9.17, 15) is 0 Å². The van der Waals surface area contributed by atoms with Crippen molar-refractivity contribution >= 4 is 23.2 Å². The molecule has 1 aromatic rings. The van der Waals surface area contributed by atoms with Gasteiger partial charge in [-0.25, -0.2) is 0 Å². The fraction of sp³-hybridized carbons (Fsp3) is 0.333. The van der Waals surface area contributed by atoms with Gasteiger partial charge in [-0.05, 0) is 30.8 Å². The molecule has 1 aromatic carbocycles. The zero-order valence-corrected chi connectivity index (χ0v) is 8.73. The van der Waals surface area contributed by atoms with E-state index in [2.05, 4.69) is 5.32 Å². The maximum atomic E-state index is 9.03. The highest BCUT2D eigenvalue weighted by Gasteiger charge is 2.11. The number of aliphatic hydroxyl groups excluding tert-OH is 1. The van der Waals surface area contributed by atoms with Gasteiger partial charge in [-0.1, -0.05) is 23.2 Å². The maximum absolute atomic E-state index is 9.03. The minimum absolute atomic E-state index is 0.00341. The lowest BCUT2D eigenvalue weighted by molar-refractivity contribution is 0.251. The van der Waals surface area contributed by atoms with Gasteiger partial charge in [0.05, 0.1) is 12.6 Å². The molecule has 0 aromatic heterocycles. The van der Waals surface area contributed by atoms with Crippen LogP contribution in [0, 0.1) is 0 Å². The van der Waals surface area contributed by atoms with Crippen molar-refractivity contribution in [2.24, 2.45) is 0 Å². The van der Waals surface area contributed by atoms with Crippen LogP contribution in [0.5, 0.6) is 0 Å². The molecule has 0 fully saturated rings. The monoisotopic (exact) mass is 219 g/mol. The van der Waals surface area contributed by atoms with Crippen LogP contribution in [0.25, 0.3) is 0 Å². The molecule has 0 aliphatic rings. The van der Waals surface area contributed by atoms with Crippen molar-refractivity contribution in [1.82, 2.24) is 5.32 Å². The van der Waals surface area contributed by atoms with Gasteiger partial charge in [0, 0.05) is 10.0 Å². The first-order valence-corrected chi connectivity index (χ1v) is 4.67. The molecule has 0 saturated heterocycles. The molecule has 2 nitrogen and oxygen atoms in total. The summed E-state index contributed by atoms with van der Waals surface area (Å²) in [7, 11) is 1.76. The number of hydrogen-bond acceptors (Lipinski definition) is 2. The van der Waals surface area contributed by atoms with Gasteiger partial charge in [0.25, 0.3) is 0 Å². The van der Waals surface area contributed by atoms with Crippen LogP contribution in [-0.2, 0) is 0 Å². The lowest BCUT2D eigenvalue weighted by Gasteiger charge is -2.15. The molecule has 0 bridgehead atoms. The Bertz CT molecular complexity index is 287. The van der Waals surface area contributed by atoms with E-state index in [1.54, 1.807) is 25.2 Å². The van der Waals surface area contributed by atoms with E-state index in [1.807, 2.05) is 0 Å². The molecule has 1 atom stereocenters. The second kappa shape index (κ2) is 4.82. The molecule has 1 rings (SSSR count). The quantitative estimate of drug-likeness (QED) is 0.818. The average Bonchev–Trinajstić information content (AvgIpc) is 2.13. The first-order chi connectivity index (χ1) is 6.19. The zero-order chi connectivity index (χ0) is 9.84. The molecular weight excluding hydrogens is 209 g/mol. The zero-order valence-electron chi connectivity index (χ0n) is 7.22. The van der Waals surface area contributed by atoms with Gasteiger partial charge < -0.3 is 10.4 Å². The minimum atomic E-state index is -0.161. The number of likely N-dealkylation sites (N-methyl/N-ethyl adjacent to an activating group) is 1. The third-order valence-corrected chi connectivity index (χ3v) is 2.44. The van der Waals surface area contributed by atoms with Gasteiger partial charge in [0.2, 0.25) is 0 Å². The van der Waals surface area contributed by atoms with E-state index < -0.39 is 0 Å². The second-order valence-corrected chi connectivity index (χ2v) is 3.53. The SMILES string of the molecule is CN[C@H](CO)c1cc(Cl)ccc1Cl. The molecule has 0 unspecified atom stereocenters. The van der Waals surface area contributed by atoms with Crippen LogP contribution in [0.3, 0.4) is 0 Å². The number of hydrogen-bond donors (Lipinski definition) is 2. The third-order valence-electron chi connectivity index (χ3n) is 1.86. The van der Waals surface area contributed by atoms with Crippen LogP contribution in [0.4, 0.5) is 0 Å². The summed E-state index contributed by atoms with van der Waals surface area (Å²) >= 11 is 11.7. The summed E-state index contributed by atoms with van der Waals surface area (Å²) in [4.78, 5) is 0. The van der Waals surface area contributed by atoms with E-state index in [1.165, 1.54) is 0 Å². The summed E-state index contributed by atoms with van der Waals surface area (Å²) in [5.41, 5.74) is 0.819. The summed E-state index contributed by atoms with van der Waals surface area (Å²) in [6, 6.07) is 5.03. The normalized spacial score (nSPS) is 12.9. The van der Waals surface area contributed by atoms with Crippen LogP contribution >= 0.6 is 23.2 Å². The van der Waals surface area contributed by atoms with Gasteiger partial charge in [-0.3, -0.25) is 0 Å². The highest BCUT2D eigenvalue weighted by molar-refractivity contribution is 6.33. The fourth-order valence-electron chi connectivity index (χ4n) is 1.13. The minimum Gasteiger partial charge on any atom is -0.394 e. The van der Waals surface area contributed by atoms with Crippen molar-refractivity contribution in [2.75, 3.05) is 13.7 Å². The molecule has 2 N–H and O–H groups in total. The molecule has 0 heterocycles. The van der Waals surface area contributed by atoms with Crippen molar-refractivity contribution in [1.29, 1.82) is 0 Å². The summed E-state index contributed by atoms with van der Waals surface area (Å²) in [6.45, 7) is -0.00341. The topological polar surface area (TPSA) is 32.3 Å². The lowest BCUT2D eigenvalue weighted by atomic mass is 10.1. The van der Waals surface area contributed by atoms with Crippen molar-refractivity contribution in [2.45, 2.75) is 6.04 Å². The smallest absolute Gasteiger partial charge is 0.0626 e. The Morgan fingerprint density at radius 2 is 2.15 bits per heavy atom. The van der Waals surface area contributed by atoms with E-state index in [0.29, 0.717) is 10.0 Å². The fourth-order valence-corrected chi connectivity index (χ4v) is 1.56. The number of halogens is 2. The molecule has 13 heavy (non-hydrogen) atoms. The van der Waals surface area contributed by atoms with Gasteiger partial charge in [0.15, 0.2) is 0 Å². The first-order valence-electron chi connectivity index (χ1n) is 3.92. The summed E-state index contributed by atoms with van der Waals surface area (Å²) in [6.07, 6.45) is 0. The molecule has 72 valence electrons. The Balaban J connectivity index is 3.03. The van der Waals surface area contributed by atoms with Gasteiger partial charge in [-0.2, -0.15) is 0 Å². The number of aliphatic hydroxyl groups is 1. The van der Waals surface area contributed by atoms with Gasteiger partial charge in [-0.15, -0.1) is 0 Å². The number of rotatable bonds is 3. The highest BCUT2D eigenvalue weighted by Crippen LogP contribution is 2.25. The Morgan fingerprint density at radius 3 is 2.69 bits per heavy atom. The number of nitrogens with one attached hydrogen (secondary N) is 1. The van der Waals surface area contributed by atoms with Gasteiger partial charge >= 0.3 is 0 Å². The first kappa shape index (κ1) is 10.8. The van der Waals surface area contributed by atoms with Crippen LogP contribution in [-0.4, -0.2) is 18.8 Å². The molecule has 0 saturated carbocycles. The van der Waals surface area contributed by atoms with E-state index in [4.69, 9.17) is 28.3 Å². The Morgan fingerprint density at radius 1 is 1.46 bits per heavy atom. The average molecular weight is 220 g/mol. The van der Waals surface area contributed by atoms with Crippen LogP contribution in [0.15, 0.2) is 18.2 Å². The standard InChI is InChI=1S/C9H11Cl2NO/c1-12-9(5-13)7-4-6(10)2-3-8(7)11/h2-4,9,12-13H,5H2,1H3/t9-/m1/s1. The molecule has 0 radical (unpaired) electrons. The van der Waals surface area contributed by atoms with Crippen LogP contribution < -0.4 is 5.32 Å². The van der Waals surface area contributed by atoms with Crippen LogP contribution in [0.2, 0.25) is 10.0 Å². The predicted octanol–water partition coefficient (Wildman–Crippen LogP) is 2.25. The predicted molar refractivity (Wildman–Crippen MR) is 55.3 cm³/mol. The summed E-state index contributed by atoms with van der Waals surface area (Å²) in [5.74, 6) is 0. The Kier molecular flexibility index (Phi) is 4.00. The Labute approximate surface area is 87.5 Å². The van der Waals surface area contributed by atoms with E-state index >= 15 is 0 Å². The molecule has 0 spiro atoms. The molecule has 0 aliphatic heterocycles.